The average molecular weight is 368 g/mol. The molecule has 0 radical (unpaired) electrons. The Kier molecular flexibility index (Phi) is 7.44. The summed E-state index contributed by atoms with van der Waals surface area (Å²) in [6.07, 6.45) is 4.37. The number of halogens is 2. The van der Waals surface area contributed by atoms with Gasteiger partial charge in [0.1, 0.15) is 28.6 Å². The number of nitrogens with one attached hydrogen (secondary N) is 1. The maximum atomic E-state index is 13.4. The molecule has 0 spiro atoms. The number of nitrogens with zero attached hydrogens (tertiary/aromatic N) is 1. The van der Waals surface area contributed by atoms with Gasteiger partial charge in [-0.15, -0.1) is 0 Å². The van der Waals surface area contributed by atoms with Gasteiger partial charge in [0.05, 0.1) is 5.69 Å². The van der Waals surface area contributed by atoms with Gasteiger partial charge in [-0.05, 0) is 24.5 Å². The minimum atomic E-state index is -0.645. The van der Waals surface area contributed by atoms with Crippen molar-refractivity contribution in [2.24, 2.45) is 0 Å². The Morgan fingerprint density at radius 2 is 1.80 bits per heavy atom. The normalized spacial score (nSPS) is 12.8. The largest absolute Gasteiger partial charge is 0.385 e. The SMILES string of the molecule is CCCCCCC(O)c1nc(C(C)C)c(Sc2cc(F)cc(F)c2)[nH]1. The predicted octanol–water partition coefficient (Wildman–Crippen LogP) is 5.97. The minimum absolute atomic E-state index is 0.137. The zero-order chi connectivity index (χ0) is 18.4. The fourth-order valence-electron chi connectivity index (χ4n) is 2.62. The van der Waals surface area contributed by atoms with Crippen LogP contribution < -0.4 is 0 Å². The Morgan fingerprint density at radius 1 is 1.12 bits per heavy atom. The Hall–Kier alpha value is -1.40. The third-order valence-corrected chi connectivity index (χ3v) is 4.95. The highest BCUT2D eigenvalue weighted by atomic mass is 32.2. The van der Waals surface area contributed by atoms with E-state index in [4.69, 9.17) is 0 Å². The fourth-order valence-corrected chi connectivity index (χ4v) is 3.74. The van der Waals surface area contributed by atoms with E-state index in [2.05, 4.69) is 16.9 Å². The van der Waals surface area contributed by atoms with E-state index in [1.807, 2.05) is 13.8 Å². The van der Waals surface area contributed by atoms with Crippen molar-refractivity contribution < 1.29 is 13.9 Å². The van der Waals surface area contributed by atoms with Crippen molar-refractivity contribution in [1.82, 2.24) is 9.97 Å². The molecule has 1 unspecified atom stereocenters. The van der Waals surface area contributed by atoms with E-state index in [1.54, 1.807) is 0 Å². The molecule has 6 heteroatoms. The number of imidazole rings is 1. The first kappa shape index (κ1) is 19.9. The molecule has 1 aromatic carbocycles. The number of aromatic amines is 1. The van der Waals surface area contributed by atoms with Gasteiger partial charge in [0, 0.05) is 11.0 Å². The molecule has 1 heterocycles. The molecular weight excluding hydrogens is 342 g/mol. The summed E-state index contributed by atoms with van der Waals surface area (Å²) in [4.78, 5) is 8.15. The van der Waals surface area contributed by atoms with Gasteiger partial charge in [-0.25, -0.2) is 13.8 Å². The Balaban J connectivity index is 2.15. The molecule has 0 saturated carbocycles. The van der Waals surface area contributed by atoms with Gasteiger partial charge in [-0.3, -0.25) is 0 Å². The van der Waals surface area contributed by atoms with Crippen molar-refractivity contribution in [3.05, 3.63) is 41.4 Å². The third-order valence-electron chi connectivity index (χ3n) is 3.96. The molecule has 2 aromatic rings. The Labute approximate surface area is 152 Å². The number of hydrogen-bond acceptors (Lipinski definition) is 3. The topological polar surface area (TPSA) is 48.9 Å². The standard InChI is InChI=1S/C19H26F2N2OS/c1-4-5-6-7-8-16(24)18-22-17(12(2)3)19(23-18)25-15-10-13(20)9-14(21)11-15/h9-12,16,24H,4-8H2,1-3H3,(H,22,23). The van der Waals surface area contributed by atoms with Crippen molar-refractivity contribution in [3.8, 4) is 0 Å². The predicted molar refractivity (Wildman–Crippen MR) is 96.9 cm³/mol. The van der Waals surface area contributed by atoms with Crippen LogP contribution in [0.15, 0.2) is 28.1 Å². The summed E-state index contributed by atoms with van der Waals surface area (Å²) in [5.41, 5.74) is 0.803. The number of aliphatic hydroxyl groups is 1. The van der Waals surface area contributed by atoms with E-state index in [-0.39, 0.29) is 5.92 Å². The lowest BCUT2D eigenvalue weighted by Crippen LogP contribution is -2.00. The van der Waals surface area contributed by atoms with Crippen LogP contribution in [0.5, 0.6) is 0 Å². The molecule has 138 valence electrons. The highest BCUT2D eigenvalue weighted by Gasteiger charge is 2.19. The second-order valence-electron chi connectivity index (χ2n) is 6.56. The summed E-state index contributed by atoms with van der Waals surface area (Å²) in [5.74, 6) is -0.550. The average Bonchev–Trinajstić information content (AvgIpc) is 2.94. The zero-order valence-corrected chi connectivity index (χ0v) is 15.8. The lowest BCUT2D eigenvalue weighted by molar-refractivity contribution is 0.154. The van der Waals surface area contributed by atoms with Crippen molar-refractivity contribution in [3.63, 3.8) is 0 Å². The van der Waals surface area contributed by atoms with E-state index >= 15 is 0 Å². The van der Waals surface area contributed by atoms with Crippen LogP contribution in [0.2, 0.25) is 0 Å². The van der Waals surface area contributed by atoms with Gasteiger partial charge < -0.3 is 10.1 Å². The molecule has 1 atom stereocenters. The van der Waals surface area contributed by atoms with Gasteiger partial charge in [0.2, 0.25) is 0 Å². The van der Waals surface area contributed by atoms with Gasteiger partial charge in [-0.2, -0.15) is 0 Å². The van der Waals surface area contributed by atoms with Crippen LogP contribution in [-0.2, 0) is 0 Å². The number of aromatic nitrogens is 2. The number of hydrogen-bond donors (Lipinski definition) is 2. The number of benzene rings is 1. The number of H-pyrrole nitrogens is 1. The smallest absolute Gasteiger partial charge is 0.136 e. The van der Waals surface area contributed by atoms with Crippen molar-refractivity contribution >= 4 is 11.8 Å². The summed E-state index contributed by atoms with van der Waals surface area (Å²) in [6, 6.07) is 3.44. The van der Waals surface area contributed by atoms with Crippen LogP contribution in [0.4, 0.5) is 8.78 Å². The van der Waals surface area contributed by atoms with Crippen LogP contribution >= 0.6 is 11.8 Å². The molecule has 0 saturated heterocycles. The van der Waals surface area contributed by atoms with E-state index < -0.39 is 17.7 Å². The van der Waals surface area contributed by atoms with E-state index in [0.29, 0.717) is 17.1 Å². The van der Waals surface area contributed by atoms with Crippen LogP contribution in [0, 0.1) is 11.6 Å². The Morgan fingerprint density at radius 3 is 2.40 bits per heavy atom. The van der Waals surface area contributed by atoms with Crippen LogP contribution in [-0.4, -0.2) is 15.1 Å². The molecule has 1 aromatic heterocycles. The van der Waals surface area contributed by atoms with Crippen molar-refractivity contribution in [2.45, 2.75) is 74.8 Å². The lowest BCUT2D eigenvalue weighted by atomic mass is 10.1. The lowest BCUT2D eigenvalue weighted by Gasteiger charge is -2.07. The fraction of sp³-hybridized carbons (Fsp3) is 0.526. The molecule has 0 amide bonds. The molecule has 0 aliphatic heterocycles. The second-order valence-corrected chi connectivity index (χ2v) is 7.65. The maximum Gasteiger partial charge on any atom is 0.136 e. The Bertz CT molecular complexity index is 668. The summed E-state index contributed by atoms with van der Waals surface area (Å²) < 4.78 is 26.8. The number of rotatable bonds is 9. The van der Waals surface area contributed by atoms with E-state index in [1.165, 1.54) is 23.9 Å². The van der Waals surface area contributed by atoms with E-state index in [9.17, 15) is 13.9 Å². The molecule has 0 bridgehead atoms. The number of unbranched alkanes of at least 4 members (excludes halogenated alkanes) is 3. The summed E-state index contributed by atoms with van der Waals surface area (Å²) >= 11 is 1.23. The summed E-state index contributed by atoms with van der Waals surface area (Å²) in [6.45, 7) is 6.16. The number of aliphatic hydroxyl groups excluding tert-OH is 1. The van der Waals surface area contributed by atoms with Gasteiger partial charge >= 0.3 is 0 Å². The van der Waals surface area contributed by atoms with Crippen LogP contribution in [0.1, 0.15) is 76.4 Å². The van der Waals surface area contributed by atoms with Crippen LogP contribution in [0.3, 0.4) is 0 Å². The maximum absolute atomic E-state index is 13.4. The van der Waals surface area contributed by atoms with Crippen molar-refractivity contribution in [1.29, 1.82) is 0 Å². The molecule has 0 aliphatic rings. The molecule has 2 rings (SSSR count). The summed E-state index contributed by atoms with van der Waals surface area (Å²) in [7, 11) is 0. The van der Waals surface area contributed by atoms with Gasteiger partial charge in [0.15, 0.2) is 0 Å². The zero-order valence-electron chi connectivity index (χ0n) is 15.0. The molecule has 0 aliphatic carbocycles. The molecule has 3 nitrogen and oxygen atoms in total. The highest BCUT2D eigenvalue weighted by Crippen LogP contribution is 2.34. The molecule has 25 heavy (non-hydrogen) atoms. The quantitative estimate of drug-likeness (QED) is 0.536. The minimum Gasteiger partial charge on any atom is -0.385 e. The first-order valence-corrected chi connectivity index (χ1v) is 9.64. The second kappa shape index (κ2) is 9.34. The van der Waals surface area contributed by atoms with Crippen molar-refractivity contribution in [2.75, 3.05) is 0 Å². The highest BCUT2D eigenvalue weighted by molar-refractivity contribution is 7.99. The molecular formula is C19H26F2N2OS. The summed E-state index contributed by atoms with van der Waals surface area (Å²) in [5, 5.41) is 11.1. The molecule has 2 N–H and O–H groups in total. The van der Waals surface area contributed by atoms with Crippen LogP contribution in [0.25, 0.3) is 0 Å². The molecule has 0 fully saturated rings. The monoisotopic (exact) mass is 368 g/mol. The van der Waals surface area contributed by atoms with E-state index in [0.717, 1.165) is 42.5 Å². The first-order valence-electron chi connectivity index (χ1n) is 8.82. The van der Waals surface area contributed by atoms with Gasteiger partial charge in [0.25, 0.3) is 0 Å². The van der Waals surface area contributed by atoms with Gasteiger partial charge in [-0.1, -0.05) is 58.2 Å². The third kappa shape index (κ3) is 5.82. The first-order chi connectivity index (χ1) is 11.9.